The molecule has 2 heterocycles. The van der Waals surface area contributed by atoms with Crippen LogP contribution in [0.4, 0.5) is 0 Å². The number of hydrogen-bond donors (Lipinski definition) is 1. The van der Waals surface area contributed by atoms with Crippen LogP contribution in [0.5, 0.6) is 5.75 Å². The molecule has 32 heavy (non-hydrogen) atoms. The van der Waals surface area contributed by atoms with Crippen molar-refractivity contribution in [1.29, 1.82) is 0 Å². The quantitative estimate of drug-likeness (QED) is 0.637. The first-order valence-electron chi connectivity index (χ1n) is 11.0. The largest absolute Gasteiger partial charge is 0.481 e. The van der Waals surface area contributed by atoms with Gasteiger partial charge in [0.15, 0.2) is 6.10 Å². The Kier molecular flexibility index (Phi) is 6.12. The highest BCUT2D eigenvalue weighted by Gasteiger charge is 2.31. The molecule has 1 N–H and O–H groups in total. The summed E-state index contributed by atoms with van der Waals surface area (Å²) in [7, 11) is 0. The number of piperidine rings is 1. The van der Waals surface area contributed by atoms with Gasteiger partial charge in [0.05, 0.1) is 11.4 Å². The van der Waals surface area contributed by atoms with E-state index in [-0.39, 0.29) is 12.5 Å². The molecule has 0 spiro atoms. The molecule has 6 heteroatoms. The van der Waals surface area contributed by atoms with Gasteiger partial charge >= 0.3 is 5.97 Å². The number of hydrogen-bond acceptors (Lipinski definition) is 4. The molecule has 0 saturated carbocycles. The van der Waals surface area contributed by atoms with Gasteiger partial charge in [-0.2, -0.15) is 0 Å². The van der Waals surface area contributed by atoms with E-state index in [1.807, 2.05) is 24.3 Å². The highest BCUT2D eigenvalue weighted by molar-refractivity contribution is 5.96. The lowest BCUT2D eigenvalue weighted by Gasteiger charge is -2.32. The van der Waals surface area contributed by atoms with Gasteiger partial charge in [-0.3, -0.25) is 14.6 Å². The van der Waals surface area contributed by atoms with Crippen molar-refractivity contribution in [3.63, 3.8) is 0 Å². The van der Waals surface area contributed by atoms with E-state index in [1.54, 1.807) is 18.0 Å². The SMILES string of the molecule is Cc1cccc(C)c1-c1ccnc2cc(O[C@H](C)C(=O)N3CCC[C@H](C(=O)O)C3)ccc12. The maximum atomic E-state index is 12.8. The summed E-state index contributed by atoms with van der Waals surface area (Å²) in [6, 6.07) is 14.0. The lowest BCUT2D eigenvalue weighted by Crippen LogP contribution is -2.47. The summed E-state index contributed by atoms with van der Waals surface area (Å²) in [5, 5.41) is 10.3. The normalized spacial score (nSPS) is 17.2. The van der Waals surface area contributed by atoms with Crippen LogP contribution >= 0.6 is 0 Å². The molecule has 1 fully saturated rings. The Morgan fingerprint density at radius 3 is 2.62 bits per heavy atom. The van der Waals surface area contributed by atoms with Crippen molar-refractivity contribution in [2.75, 3.05) is 13.1 Å². The molecule has 1 aromatic heterocycles. The molecule has 6 nitrogen and oxygen atoms in total. The van der Waals surface area contributed by atoms with Crippen molar-refractivity contribution in [3.05, 3.63) is 59.8 Å². The predicted octanol–water partition coefficient (Wildman–Crippen LogP) is 4.61. The minimum atomic E-state index is -0.851. The second kappa shape index (κ2) is 8.99. The zero-order valence-electron chi connectivity index (χ0n) is 18.7. The zero-order valence-corrected chi connectivity index (χ0v) is 18.7. The molecule has 0 unspecified atom stereocenters. The van der Waals surface area contributed by atoms with Crippen LogP contribution in [-0.4, -0.2) is 46.1 Å². The number of nitrogens with zero attached hydrogens (tertiary/aromatic N) is 2. The third kappa shape index (κ3) is 4.31. The molecule has 1 aliphatic heterocycles. The van der Waals surface area contributed by atoms with Crippen molar-refractivity contribution in [2.45, 2.75) is 39.7 Å². The van der Waals surface area contributed by atoms with Crippen LogP contribution in [-0.2, 0) is 9.59 Å². The van der Waals surface area contributed by atoms with Crippen molar-refractivity contribution in [3.8, 4) is 16.9 Å². The number of benzene rings is 2. The van der Waals surface area contributed by atoms with Gasteiger partial charge < -0.3 is 14.7 Å². The Balaban J connectivity index is 1.56. The molecule has 0 aliphatic carbocycles. The van der Waals surface area contributed by atoms with Crippen LogP contribution in [0.2, 0.25) is 0 Å². The number of aryl methyl sites for hydroxylation is 2. The number of carboxylic acids is 1. The average molecular weight is 433 g/mol. The van der Waals surface area contributed by atoms with Crippen LogP contribution in [0.25, 0.3) is 22.0 Å². The molecule has 3 aromatic rings. The molecule has 1 amide bonds. The van der Waals surface area contributed by atoms with Crippen molar-refractivity contribution < 1.29 is 19.4 Å². The molecule has 2 aromatic carbocycles. The Labute approximate surface area is 187 Å². The van der Waals surface area contributed by atoms with Gasteiger partial charge in [0.25, 0.3) is 5.91 Å². The predicted molar refractivity (Wildman–Crippen MR) is 124 cm³/mol. The van der Waals surface area contributed by atoms with E-state index in [0.717, 1.165) is 16.5 Å². The van der Waals surface area contributed by atoms with Gasteiger partial charge in [0, 0.05) is 30.7 Å². The van der Waals surface area contributed by atoms with E-state index in [9.17, 15) is 14.7 Å². The first-order chi connectivity index (χ1) is 15.3. The summed E-state index contributed by atoms with van der Waals surface area (Å²) in [5.74, 6) is -0.978. The fourth-order valence-corrected chi connectivity index (χ4v) is 4.55. The van der Waals surface area contributed by atoms with Gasteiger partial charge in [-0.25, -0.2) is 0 Å². The molecular formula is C26H28N2O4. The number of rotatable bonds is 5. The van der Waals surface area contributed by atoms with E-state index in [4.69, 9.17) is 4.74 Å². The van der Waals surface area contributed by atoms with Gasteiger partial charge in [-0.15, -0.1) is 0 Å². The number of aromatic nitrogens is 1. The van der Waals surface area contributed by atoms with E-state index in [1.165, 1.54) is 16.7 Å². The lowest BCUT2D eigenvalue weighted by atomic mass is 9.93. The molecule has 1 saturated heterocycles. The number of carbonyl (C=O) groups is 2. The molecule has 0 radical (unpaired) electrons. The number of ether oxygens (including phenoxy) is 1. The molecule has 1 aliphatic rings. The summed E-state index contributed by atoms with van der Waals surface area (Å²) in [4.78, 5) is 30.3. The number of pyridine rings is 1. The summed E-state index contributed by atoms with van der Waals surface area (Å²) in [5.41, 5.74) is 5.53. The van der Waals surface area contributed by atoms with Crippen LogP contribution < -0.4 is 4.74 Å². The van der Waals surface area contributed by atoms with Gasteiger partial charge in [0.1, 0.15) is 5.75 Å². The first-order valence-corrected chi connectivity index (χ1v) is 11.0. The summed E-state index contributed by atoms with van der Waals surface area (Å²) >= 11 is 0. The molecule has 0 bridgehead atoms. The standard InChI is InChI=1S/C26H28N2O4/c1-16-6-4-7-17(2)24(16)22-11-12-27-23-14-20(9-10-21(22)23)32-18(3)25(29)28-13-5-8-19(15-28)26(30)31/h4,6-7,9-12,14,18-19H,5,8,13,15H2,1-3H3,(H,30,31)/t18-,19+/m1/s1. The number of likely N-dealkylation sites (tertiary alicyclic amines) is 1. The maximum Gasteiger partial charge on any atom is 0.308 e. The van der Waals surface area contributed by atoms with Crippen LogP contribution in [0.15, 0.2) is 48.7 Å². The highest BCUT2D eigenvalue weighted by Crippen LogP contribution is 2.34. The van der Waals surface area contributed by atoms with Crippen LogP contribution in [0, 0.1) is 19.8 Å². The van der Waals surface area contributed by atoms with Crippen molar-refractivity contribution in [2.24, 2.45) is 5.92 Å². The van der Waals surface area contributed by atoms with E-state index >= 15 is 0 Å². The smallest absolute Gasteiger partial charge is 0.308 e. The van der Waals surface area contributed by atoms with E-state index in [0.29, 0.717) is 25.1 Å². The molecular weight excluding hydrogens is 404 g/mol. The van der Waals surface area contributed by atoms with Crippen LogP contribution in [0.3, 0.4) is 0 Å². The fraction of sp³-hybridized carbons (Fsp3) is 0.346. The van der Waals surface area contributed by atoms with Gasteiger partial charge in [-0.05, 0) is 74.1 Å². The highest BCUT2D eigenvalue weighted by atomic mass is 16.5. The van der Waals surface area contributed by atoms with Gasteiger partial charge in [0.2, 0.25) is 0 Å². The topological polar surface area (TPSA) is 79.7 Å². The average Bonchev–Trinajstić information content (AvgIpc) is 2.78. The number of aliphatic carboxylic acids is 1. The molecule has 166 valence electrons. The first kappa shape index (κ1) is 21.8. The Morgan fingerprint density at radius 1 is 1.16 bits per heavy atom. The number of carboxylic acid groups (broad SMARTS) is 1. The fourth-order valence-electron chi connectivity index (χ4n) is 4.55. The maximum absolute atomic E-state index is 12.8. The third-order valence-corrected chi connectivity index (χ3v) is 6.21. The van der Waals surface area contributed by atoms with E-state index < -0.39 is 18.0 Å². The van der Waals surface area contributed by atoms with Gasteiger partial charge in [-0.1, -0.05) is 18.2 Å². The minimum Gasteiger partial charge on any atom is -0.481 e. The Morgan fingerprint density at radius 2 is 1.91 bits per heavy atom. The lowest BCUT2D eigenvalue weighted by molar-refractivity contribution is -0.147. The second-order valence-corrected chi connectivity index (χ2v) is 8.53. The Hall–Kier alpha value is -3.41. The van der Waals surface area contributed by atoms with Crippen LogP contribution in [0.1, 0.15) is 30.9 Å². The third-order valence-electron chi connectivity index (χ3n) is 6.21. The Bertz CT molecular complexity index is 1150. The number of fused-ring (bicyclic) bond motifs is 1. The van der Waals surface area contributed by atoms with Crippen molar-refractivity contribution >= 4 is 22.8 Å². The minimum absolute atomic E-state index is 0.187. The monoisotopic (exact) mass is 432 g/mol. The van der Waals surface area contributed by atoms with Crippen molar-refractivity contribution in [1.82, 2.24) is 9.88 Å². The second-order valence-electron chi connectivity index (χ2n) is 8.53. The van der Waals surface area contributed by atoms with E-state index in [2.05, 4.69) is 37.0 Å². The molecule has 2 atom stereocenters. The molecule has 4 rings (SSSR count). The number of amides is 1. The number of carbonyl (C=O) groups excluding carboxylic acids is 1. The summed E-state index contributed by atoms with van der Waals surface area (Å²) in [6.07, 6.45) is 2.38. The summed E-state index contributed by atoms with van der Waals surface area (Å²) < 4.78 is 5.95. The summed E-state index contributed by atoms with van der Waals surface area (Å²) in [6.45, 7) is 6.72. The zero-order chi connectivity index (χ0) is 22.8.